The summed E-state index contributed by atoms with van der Waals surface area (Å²) in [4.78, 5) is 14.6. The van der Waals surface area contributed by atoms with Crippen molar-refractivity contribution in [2.45, 2.75) is 25.8 Å². The van der Waals surface area contributed by atoms with Crippen molar-refractivity contribution in [1.82, 2.24) is 14.7 Å². The number of hydrogen-bond acceptors (Lipinski definition) is 3. The van der Waals surface area contributed by atoms with Gasteiger partial charge in [0.25, 0.3) is 0 Å². The Kier molecular flexibility index (Phi) is 5.02. The number of ether oxygens (including phenoxy) is 1. The number of carbonyl (C=O) groups is 1. The zero-order valence-corrected chi connectivity index (χ0v) is 16.2. The van der Waals surface area contributed by atoms with Crippen molar-refractivity contribution in [2.24, 2.45) is 0 Å². The molecule has 0 spiro atoms. The number of aromatic nitrogens is 2. The average molecular weight is 376 g/mol. The van der Waals surface area contributed by atoms with Gasteiger partial charge in [0.2, 0.25) is 0 Å². The summed E-state index contributed by atoms with van der Waals surface area (Å²) in [5, 5.41) is 7.84. The third-order valence-corrected chi connectivity index (χ3v) is 5.08. The van der Waals surface area contributed by atoms with Crippen LogP contribution in [0.3, 0.4) is 0 Å². The van der Waals surface area contributed by atoms with Crippen LogP contribution in [0.5, 0.6) is 5.75 Å². The number of para-hydroxylation sites is 2. The standard InChI is InChI=1S/C22H24N4O2/c1-25(15-16-9-6-7-14-20(16)28-2)22(27)23-21-18-12-8-13-19(18)24-26(21)17-10-4-3-5-11-17/h3-7,9-11,14H,8,12-13,15H2,1-2H3,(H,23,27). The van der Waals surface area contributed by atoms with E-state index in [9.17, 15) is 4.79 Å². The molecular weight excluding hydrogens is 352 g/mol. The summed E-state index contributed by atoms with van der Waals surface area (Å²) in [6, 6.07) is 17.5. The molecule has 2 aromatic carbocycles. The van der Waals surface area contributed by atoms with Crippen molar-refractivity contribution in [2.75, 3.05) is 19.5 Å². The molecule has 0 bridgehead atoms. The van der Waals surface area contributed by atoms with Crippen molar-refractivity contribution in [3.8, 4) is 11.4 Å². The third-order valence-electron chi connectivity index (χ3n) is 5.08. The summed E-state index contributed by atoms with van der Waals surface area (Å²) in [5.41, 5.74) is 4.12. The Morgan fingerprint density at radius 1 is 1.14 bits per heavy atom. The maximum Gasteiger partial charge on any atom is 0.323 e. The van der Waals surface area contributed by atoms with Gasteiger partial charge in [0, 0.05) is 18.2 Å². The number of aryl methyl sites for hydroxylation is 1. The van der Waals surface area contributed by atoms with Gasteiger partial charge in [-0.15, -0.1) is 0 Å². The molecule has 4 rings (SSSR count). The SMILES string of the molecule is COc1ccccc1CN(C)C(=O)Nc1c2c(nn1-c1ccccc1)CCC2. The van der Waals surface area contributed by atoms with Crippen LogP contribution in [-0.4, -0.2) is 34.9 Å². The third kappa shape index (κ3) is 3.45. The van der Waals surface area contributed by atoms with Gasteiger partial charge in [-0.25, -0.2) is 9.48 Å². The van der Waals surface area contributed by atoms with E-state index in [0.717, 1.165) is 53.3 Å². The molecule has 6 heteroatoms. The molecular formula is C22H24N4O2. The molecule has 0 saturated carbocycles. The number of carbonyl (C=O) groups excluding carboxylic acids is 1. The lowest BCUT2D eigenvalue weighted by Gasteiger charge is -2.20. The van der Waals surface area contributed by atoms with Crippen LogP contribution >= 0.6 is 0 Å². The molecule has 144 valence electrons. The molecule has 1 aliphatic rings. The highest BCUT2D eigenvalue weighted by molar-refractivity contribution is 5.89. The summed E-state index contributed by atoms with van der Waals surface area (Å²) < 4.78 is 7.24. The molecule has 1 aliphatic carbocycles. The Hall–Kier alpha value is -3.28. The van der Waals surface area contributed by atoms with Crippen molar-refractivity contribution in [3.63, 3.8) is 0 Å². The molecule has 6 nitrogen and oxygen atoms in total. The fourth-order valence-corrected chi connectivity index (χ4v) is 3.63. The number of nitrogens with zero attached hydrogens (tertiary/aromatic N) is 3. The Balaban J connectivity index is 1.58. The normalized spacial score (nSPS) is 12.5. The second-order valence-electron chi connectivity index (χ2n) is 6.97. The highest BCUT2D eigenvalue weighted by Crippen LogP contribution is 2.31. The molecule has 0 radical (unpaired) electrons. The van der Waals surface area contributed by atoms with E-state index in [1.165, 1.54) is 0 Å². The Labute approximate surface area is 164 Å². The lowest BCUT2D eigenvalue weighted by atomic mass is 10.2. The molecule has 1 heterocycles. The van der Waals surface area contributed by atoms with Gasteiger partial charge in [0.15, 0.2) is 0 Å². The van der Waals surface area contributed by atoms with Gasteiger partial charge in [-0.3, -0.25) is 5.32 Å². The zero-order valence-electron chi connectivity index (χ0n) is 16.2. The molecule has 2 amide bonds. The number of methoxy groups -OCH3 is 1. The first-order valence-electron chi connectivity index (χ1n) is 9.47. The summed E-state index contributed by atoms with van der Waals surface area (Å²) in [6.07, 6.45) is 2.97. The van der Waals surface area contributed by atoms with Gasteiger partial charge in [-0.05, 0) is 37.5 Å². The van der Waals surface area contributed by atoms with Gasteiger partial charge in [-0.2, -0.15) is 5.10 Å². The molecule has 0 aliphatic heterocycles. The predicted molar refractivity (Wildman–Crippen MR) is 109 cm³/mol. The van der Waals surface area contributed by atoms with Crippen LogP contribution < -0.4 is 10.1 Å². The fourth-order valence-electron chi connectivity index (χ4n) is 3.63. The van der Waals surface area contributed by atoms with Gasteiger partial charge in [0.05, 0.1) is 25.0 Å². The molecule has 0 saturated heterocycles. The van der Waals surface area contributed by atoms with E-state index in [2.05, 4.69) is 5.32 Å². The van der Waals surface area contributed by atoms with E-state index < -0.39 is 0 Å². The van der Waals surface area contributed by atoms with Crippen molar-refractivity contribution in [3.05, 3.63) is 71.4 Å². The largest absolute Gasteiger partial charge is 0.496 e. The van der Waals surface area contributed by atoms with E-state index >= 15 is 0 Å². The number of urea groups is 1. The van der Waals surface area contributed by atoms with Gasteiger partial charge < -0.3 is 9.64 Å². The number of hydrogen-bond donors (Lipinski definition) is 1. The maximum atomic E-state index is 12.9. The van der Waals surface area contributed by atoms with E-state index in [4.69, 9.17) is 9.84 Å². The summed E-state index contributed by atoms with van der Waals surface area (Å²) in [5.74, 6) is 1.55. The molecule has 3 aromatic rings. The van der Waals surface area contributed by atoms with Gasteiger partial charge in [-0.1, -0.05) is 36.4 Å². The maximum absolute atomic E-state index is 12.9. The van der Waals surface area contributed by atoms with E-state index in [1.807, 2.05) is 59.3 Å². The van der Waals surface area contributed by atoms with Gasteiger partial charge >= 0.3 is 6.03 Å². The van der Waals surface area contributed by atoms with Crippen LogP contribution in [-0.2, 0) is 19.4 Å². The Morgan fingerprint density at radius 2 is 1.89 bits per heavy atom. The number of anilines is 1. The van der Waals surface area contributed by atoms with Crippen LogP contribution in [0.2, 0.25) is 0 Å². The molecule has 1 aromatic heterocycles. The first-order valence-corrected chi connectivity index (χ1v) is 9.47. The first kappa shape index (κ1) is 18.1. The van der Waals surface area contributed by atoms with Gasteiger partial charge in [0.1, 0.15) is 11.6 Å². The zero-order chi connectivity index (χ0) is 19.5. The van der Waals surface area contributed by atoms with Crippen LogP contribution in [0.15, 0.2) is 54.6 Å². The molecule has 0 atom stereocenters. The van der Waals surface area contributed by atoms with Crippen molar-refractivity contribution >= 4 is 11.8 Å². The number of fused-ring (bicyclic) bond motifs is 1. The van der Waals surface area contributed by atoms with Crippen LogP contribution in [0.25, 0.3) is 5.69 Å². The Morgan fingerprint density at radius 3 is 2.68 bits per heavy atom. The number of nitrogens with one attached hydrogen (secondary N) is 1. The topological polar surface area (TPSA) is 59.4 Å². The van der Waals surface area contributed by atoms with E-state index in [1.54, 1.807) is 19.1 Å². The summed E-state index contributed by atoms with van der Waals surface area (Å²) >= 11 is 0. The van der Waals surface area contributed by atoms with Crippen LogP contribution in [0, 0.1) is 0 Å². The second kappa shape index (κ2) is 7.76. The number of rotatable bonds is 5. The highest BCUT2D eigenvalue weighted by Gasteiger charge is 2.25. The molecule has 0 unspecified atom stereocenters. The lowest BCUT2D eigenvalue weighted by molar-refractivity contribution is 0.220. The minimum atomic E-state index is -0.169. The van der Waals surface area contributed by atoms with E-state index in [0.29, 0.717) is 6.54 Å². The lowest BCUT2D eigenvalue weighted by Crippen LogP contribution is -2.32. The number of amides is 2. The summed E-state index contributed by atoms with van der Waals surface area (Å²) in [7, 11) is 3.42. The molecule has 0 fully saturated rings. The summed E-state index contributed by atoms with van der Waals surface area (Å²) in [6.45, 7) is 0.456. The Bertz CT molecular complexity index is 981. The minimum absolute atomic E-state index is 0.169. The quantitative estimate of drug-likeness (QED) is 0.731. The number of benzene rings is 2. The minimum Gasteiger partial charge on any atom is -0.496 e. The smallest absolute Gasteiger partial charge is 0.323 e. The monoisotopic (exact) mass is 376 g/mol. The highest BCUT2D eigenvalue weighted by atomic mass is 16.5. The van der Waals surface area contributed by atoms with Crippen LogP contribution in [0.1, 0.15) is 23.2 Å². The molecule has 28 heavy (non-hydrogen) atoms. The second-order valence-corrected chi connectivity index (χ2v) is 6.97. The fraction of sp³-hybridized carbons (Fsp3) is 0.273. The van der Waals surface area contributed by atoms with Crippen molar-refractivity contribution < 1.29 is 9.53 Å². The first-order chi connectivity index (χ1) is 13.7. The van der Waals surface area contributed by atoms with E-state index in [-0.39, 0.29) is 6.03 Å². The van der Waals surface area contributed by atoms with Crippen molar-refractivity contribution in [1.29, 1.82) is 0 Å². The molecule has 1 N–H and O–H groups in total. The van der Waals surface area contributed by atoms with Crippen LogP contribution in [0.4, 0.5) is 10.6 Å². The average Bonchev–Trinajstić information content (AvgIpc) is 3.31. The predicted octanol–water partition coefficient (Wildman–Crippen LogP) is 4.03.